The zero-order chi connectivity index (χ0) is 22.1. The molecule has 2 aromatic heterocycles. The molecule has 1 amide bonds. The highest BCUT2D eigenvalue weighted by Gasteiger charge is 2.24. The van der Waals surface area contributed by atoms with Crippen molar-refractivity contribution in [2.45, 2.75) is 25.8 Å². The van der Waals surface area contributed by atoms with Gasteiger partial charge in [0.25, 0.3) is 5.91 Å². The van der Waals surface area contributed by atoms with Crippen LogP contribution < -0.4 is 16.4 Å². The van der Waals surface area contributed by atoms with E-state index < -0.39 is 0 Å². The van der Waals surface area contributed by atoms with E-state index in [0.29, 0.717) is 11.4 Å². The van der Waals surface area contributed by atoms with E-state index in [9.17, 15) is 4.79 Å². The summed E-state index contributed by atoms with van der Waals surface area (Å²) in [6, 6.07) is 17.2. The molecular formula is C25H26N6O. The fraction of sp³-hybridized carbons (Fsp3) is 0.240. The molecule has 1 aliphatic heterocycles. The van der Waals surface area contributed by atoms with E-state index in [2.05, 4.69) is 20.3 Å². The lowest BCUT2D eigenvalue weighted by atomic mass is 10.0. The molecule has 0 bridgehead atoms. The highest BCUT2D eigenvalue weighted by atomic mass is 16.1. The lowest BCUT2D eigenvalue weighted by molar-refractivity contribution is 0.102. The molecule has 7 nitrogen and oxygen atoms in total. The second-order valence-corrected chi connectivity index (χ2v) is 8.24. The molecule has 1 saturated heterocycles. The molecule has 7 heteroatoms. The molecule has 0 radical (unpaired) electrons. The topological polar surface area (TPSA) is 97.9 Å². The van der Waals surface area contributed by atoms with E-state index in [4.69, 9.17) is 10.8 Å². The number of amides is 1. The van der Waals surface area contributed by atoms with E-state index in [1.165, 1.54) is 0 Å². The third-order valence-corrected chi connectivity index (χ3v) is 6.01. The number of carbonyl (C=O) groups is 1. The Kier molecular flexibility index (Phi) is 5.33. The van der Waals surface area contributed by atoms with Crippen molar-refractivity contribution in [1.29, 1.82) is 0 Å². The molecule has 1 aliphatic rings. The van der Waals surface area contributed by atoms with Crippen LogP contribution in [0.5, 0.6) is 0 Å². The summed E-state index contributed by atoms with van der Waals surface area (Å²) in [5.41, 5.74) is 11.5. The Labute approximate surface area is 186 Å². The molecule has 0 saturated carbocycles. The van der Waals surface area contributed by atoms with Crippen molar-refractivity contribution in [3.8, 4) is 11.3 Å². The zero-order valence-electron chi connectivity index (χ0n) is 18.0. The van der Waals surface area contributed by atoms with Gasteiger partial charge in [0, 0.05) is 29.6 Å². The number of aryl methyl sites for hydroxylation is 1. The number of rotatable bonds is 4. The second-order valence-electron chi connectivity index (χ2n) is 8.24. The van der Waals surface area contributed by atoms with Crippen LogP contribution in [0.2, 0.25) is 0 Å². The number of piperidine rings is 1. The number of pyridine rings is 1. The molecule has 2 aromatic carbocycles. The number of benzene rings is 2. The highest BCUT2D eigenvalue weighted by Crippen LogP contribution is 2.35. The largest absolute Gasteiger partial charge is 0.383 e. The Morgan fingerprint density at radius 3 is 2.66 bits per heavy atom. The van der Waals surface area contributed by atoms with Gasteiger partial charge in [-0.3, -0.25) is 9.48 Å². The first-order chi connectivity index (χ1) is 15.6. The van der Waals surface area contributed by atoms with Crippen LogP contribution in [0.4, 0.5) is 11.5 Å². The summed E-state index contributed by atoms with van der Waals surface area (Å²) in [4.78, 5) is 17.0. The van der Waals surface area contributed by atoms with Crippen molar-refractivity contribution in [2.75, 3.05) is 24.1 Å². The van der Waals surface area contributed by atoms with Gasteiger partial charge >= 0.3 is 0 Å². The number of hydrogen-bond donors (Lipinski definition) is 3. The molecule has 32 heavy (non-hydrogen) atoms. The Bertz CT molecular complexity index is 1260. The van der Waals surface area contributed by atoms with Crippen molar-refractivity contribution in [3.63, 3.8) is 0 Å². The molecule has 0 aliphatic carbocycles. The molecule has 1 fully saturated rings. The lowest BCUT2D eigenvalue weighted by Gasteiger charge is -2.24. The number of nitrogens with zero attached hydrogens (tertiary/aromatic N) is 3. The Morgan fingerprint density at radius 1 is 1.16 bits per heavy atom. The molecule has 162 valence electrons. The van der Waals surface area contributed by atoms with Crippen molar-refractivity contribution in [3.05, 3.63) is 71.9 Å². The maximum atomic E-state index is 12.6. The van der Waals surface area contributed by atoms with E-state index >= 15 is 0 Å². The van der Waals surface area contributed by atoms with Crippen LogP contribution in [0.25, 0.3) is 22.2 Å². The first-order valence-electron chi connectivity index (χ1n) is 10.9. The number of carbonyl (C=O) groups excluding carboxylic acids is 1. The fourth-order valence-electron chi connectivity index (χ4n) is 4.36. The van der Waals surface area contributed by atoms with Gasteiger partial charge in [-0.2, -0.15) is 5.10 Å². The third-order valence-electron chi connectivity index (χ3n) is 6.01. The van der Waals surface area contributed by atoms with Gasteiger partial charge in [-0.25, -0.2) is 4.98 Å². The quantitative estimate of drug-likeness (QED) is 0.455. The summed E-state index contributed by atoms with van der Waals surface area (Å²) in [6.45, 7) is 3.97. The van der Waals surface area contributed by atoms with Crippen LogP contribution in [0.15, 0.2) is 60.8 Å². The first kappa shape index (κ1) is 20.2. The lowest BCUT2D eigenvalue weighted by Crippen LogP contribution is -2.32. The number of nitrogens with one attached hydrogen (secondary N) is 2. The number of aromatic nitrogens is 3. The van der Waals surface area contributed by atoms with Crippen LogP contribution in [-0.2, 0) is 0 Å². The first-order valence-corrected chi connectivity index (χ1v) is 10.9. The Balaban J connectivity index is 1.52. The van der Waals surface area contributed by atoms with Gasteiger partial charge in [-0.1, -0.05) is 30.3 Å². The van der Waals surface area contributed by atoms with Crippen LogP contribution in [0.3, 0.4) is 0 Å². The van der Waals surface area contributed by atoms with E-state index in [1.807, 2.05) is 67.7 Å². The summed E-state index contributed by atoms with van der Waals surface area (Å²) in [7, 11) is 0. The van der Waals surface area contributed by atoms with Gasteiger partial charge in [0.2, 0.25) is 0 Å². The molecule has 1 atom stereocenters. The average Bonchev–Trinajstić information content (AvgIpc) is 3.25. The highest BCUT2D eigenvalue weighted by molar-refractivity contribution is 6.05. The number of hydrogen-bond acceptors (Lipinski definition) is 5. The molecular weight excluding hydrogens is 400 g/mol. The number of anilines is 2. The second kappa shape index (κ2) is 8.43. The summed E-state index contributed by atoms with van der Waals surface area (Å²) >= 11 is 0. The van der Waals surface area contributed by atoms with Crippen LogP contribution >= 0.6 is 0 Å². The summed E-state index contributed by atoms with van der Waals surface area (Å²) in [5.74, 6) is 0.324. The van der Waals surface area contributed by atoms with Gasteiger partial charge in [-0.05, 0) is 56.1 Å². The van der Waals surface area contributed by atoms with E-state index in [0.717, 1.165) is 59.3 Å². The maximum absolute atomic E-state index is 12.6. The van der Waals surface area contributed by atoms with Crippen molar-refractivity contribution in [1.82, 2.24) is 20.1 Å². The predicted molar refractivity (Wildman–Crippen MR) is 128 cm³/mol. The zero-order valence-corrected chi connectivity index (χ0v) is 18.0. The Hall–Kier alpha value is -3.71. The van der Waals surface area contributed by atoms with E-state index in [1.54, 1.807) is 0 Å². The number of nitrogens with two attached hydrogens (primary N) is 1. The molecule has 0 unspecified atom stereocenters. The van der Waals surface area contributed by atoms with E-state index in [-0.39, 0.29) is 11.9 Å². The van der Waals surface area contributed by atoms with Crippen molar-refractivity contribution < 1.29 is 4.79 Å². The van der Waals surface area contributed by atoms with Crippen LogP contribution in [-0.4, -0.2) is 33.8 Å². The Morgan fingerprint density at radius 2 is 1.94 bits per heavy atom. The third kappa shape index (κ3) is 3.71. The molecule has 4 aromatic rings. The van der Waals surface area contributed by atoms with Crippen LogP contribution in [0.1, 0.15) is 34.8 Å². The number of nitrogen functional groups attached to an aromatic ring is 1. The monoisotopic (exact) mass is 426 g/mol. The molecule has 0 spiro atoms. The normalized spacial score (nSPS) is 16.2. The number of para-hydroxylation sites is 1. The van der Waals surface area contributed by atoms with Crippen LogP contribution in [0, 0.1) is 6.92 Å². The minimum atomic E-state index is -0.150. The van der Waals surface area contributed by atoms with Gasteiger partial charge in [-0.15, -0.1) is 0 Å². The van der Waals surface area contributed by atoms with Gasteiger partial charge in [0.15, 0.2) is 0 Å². The smallest absolute Gasteiger partial charge is 0.255 e. The number of fused-ring (bicyclic) bond motifs is 1. The average molecular weight is 427 g/mol. The maximum Gasteiger partial charge on any atom is 0.255 e. The minimum Gasteiger partial charge on any atom is -0.383 e. The van der Waals surface area contributed by atoms with Crippen molar-refractivity contribution in [2.24, 2.45) is 0 Å². The van der Waals surface area contributed by atoms with Crippen molar-refractivity contribution >= 4 is 28.3 Å². The summed E-state index contributed by atoms with van der Waals surface area (Å²) in [5, 5.41) is 12.3. The van der Waals surface area contributed by atoms with Gasteiger partial charge in [0.1, 0.15) is 11.5 Å². The van der Waals surface area contributed by atoms with Gasteiger partial charge < -0.3 is 16.4 Å². The standard InChI is InChI=1S/C25H26N6O/c1-16-14-28-24(26)21-22(30-31(23(16)21)20-8-5-13-27-15-20)17-9-11-18(12-10-17)25(32)29-19-6-3-2-4-7-19/h2-4,6-7,9-12,14,20,27H,5,8,13,15H2,1H3,(H2,26,28)(H,29,32)/t20-/m1/s1. The molecule has 4 N–H and O–H groups in total. The fourth-order valence-corrected chi connectivity index (χ4v) is 4.36. The SMILES string of the molecule is Cc1cnc(N)c2c(-c3ccc(C(=O)Nc4ccccc4)cc3)nn([C@@H]3CCCNC3)c12. The summed E-state index contributed by atoms with van der Waals surface area (Å²) in [6.07, 6.45) is 4.00. The predicted octanol–water partition coefficient (Wildman–Crippen LogP) is 4.17. The molecule has 5 rings (SSSR count). The molecule has 3 heterocycles. The minimum absolute atomic E-state index is 0.150. The van der Waals surface area contributed by atoms with Gasteiger partial charge in [0.05, 0.1) is 16.9 Å². The summed E-state index contributed by atoms with van der Waals surface area (Å²) < 4.78 is 2.11.